The van der Waals surface area contributed by atoms with Crippen LogP contribution in [0.4, 0.5) is 11.4 Å². The average Bonchev–Trinajstić information content (AvgIpc) is 2.53. The number of hydrogen-bond acceptors (Lipinski definition) is 3. The second-order valence-electron chi connectivity index (χ2n) is 5.65. The maximum Gasteiger partial charge on any atom is 0.258 e. The molecule has 1 heterocycles. The van der Waals surface area contributed by atoms with Crippen molar-refractivity contribution < 1.29 is 9.53 Å². The van der Waals surface area contributed by atoms with E-state index in [1.807, 2.05) is 17.0 Å². The quantitative estimate of drug-likeness (QED) is 0.866. The lowest BCUT2D eigenvalue weighted by Gasteiger charge is -2.30. The summed E-state index contributed by atoms with van der Waals surface area (Å²) in [6, 6.07) is 11.4. The van der Waals surface area contributed by atoms with E-state index in [1.54, 1.807) is 25.3 Å². The van der Waals surface area contributed by atoms with Crippen LogP contribution in [0.15, 0.2) is 36.4 Å². The number of hydrogen-bond donors (Lipinski definition) is 1. The van der Waals surface area contributed by atoms with E-state index in [0.29, 0.717) is 17.0 Å². The number of fused-ring (bicyclic) bond motifs is 1. The lowest BCUT2D eigenvalue weighted by atomic mass is 9.98. The summed E-state index contributed by atoms with van der Waals surface area (Å²) < 4.78 is 5.14. The zero-order valence-corrected chi connectivity index (χ0v) is 12.9. The summed E-state index contributed by atoms with van der Waals surface area (Å²) in [5.41, 5.74) is 10.5. The number of rotatable bonds is 2. The van der Waals surface area contributed by atoms with Crippen LogP contribution in [0.5, 0.6) is 5.75 Å². The Labute approximate surface area is 130 Å². The number of nitrogen functional groups attached to an aromatic ring is 1. The molecule has 2 N–H and O–H groups in total. The first-order valence-electron chi connectivity index (χ1n) is 7.45. The van der Waals surface area contributed by atoms with Gasteiger partial charge in [0.2, 0.25) is 0 Å². The maximum absolute atomic E-state index is 12.8. The SMILES string of the molecule is COc1ccc(C(=O)N2CCCc3cc(C)ccc32)cc1N. The highest BCUT2D eigenvalue weighted by Gasteiger charge is 2.24. The fourth-order valence-electron chi connectivity index (χ4n) is 2.96. The van der Waals surface area contributed by atoms with Crippen LogP contribution in [0.25, 0.3) is 0 Å². The van der Waals surface area contributed by atoms with Gasteiger partial charge in [0, 0.05) is 17.8 Å². The number of ether oxygens (including phenoxy) is 1. The van der Waals surface area contributed by atoms with Crippen molar-refractivity contribution in [3.05, 3.63) is 53.1 Å². The first kappa shape index (κ1) is 14.4. The van der Waals surface area contributed by atoms with Gasteiger partial charge in [-0.05, 0) is 49.6 Å². The second kappa shape index (κ2) is 5.72. The minimum Gasteiger partial charge on any atom is -0.495 e. The van der Waals surface area contributed by atoms with Gasteiger partial charge < -0.3 is 15.4 Å². The van der Waals surface area contributed by atoms with Gasteiger partial charge in [0.25, 0.3) is 5.91 Å². The number of methoxy groups -OCH3 is 1. The Hall–Kier alpha value is -2.49. The molecule has 2 aromatic carbocycles. The molecule has 114 valence electrons. The van der Waals surface area contributed by atoms with Gasteiger partial charge in [-0.1, -0.05) is 17.7 Å². The van der Waals surface area contributed by atoms with Crippen molar-refractivity contribution in [2.24, 2.45) is 0 Å². The highest BCUT2D eigenvalue weighted by atomic mass is 16.5. The van der Waals surface area contributed by atoms with Crippen LogP contribution in [0.3, 0.4) is 0 Å². The number of nitrogens with zero attached hydrogens (tertiary/aromatic N) is 1. The molecule has 0 fully saturated rings. The minimum atomic E-state index is -0.0147. The zero-order valence-electron chi connectivity index (χ0n) is 12.9. The summed E-state index contributed by atoms with van der Waals surface area (Å²) in [5.74, 6) is 0.574. The number of anilines is 2. The molecule has 0 atom stereocenters. The van der Waals surface area contributed by atoms with Crippen LogP contribution in [0.1, 0.15) is 27.9 Å². The van der Waals surface area contributed by atoms with Crippen LogP contribution in [0.2, 0.25) is 0 Å². The number of nitrogens with two attached hydrogens (primary N) is 1. The molecular weight excluding hydrogens is 276 g/mol. The third kappa shape index (κ3) is 2.52. The molecule has 2 aromatic rings. The van der Waals surface area contributed by atoms with Crippen molar-refractivity contribution in [3.63, 3.8) is 0 Å². The molecule has 1 aliphatic rings. The Balaban J connectivity index is 1.95. The number of carbonyl (C=O) groups excluding carboxylic acids is 1. The molecule has 1 aliphatic heterocycles. The van der Waals surface area contributed by atoms with Gasteiger partial charge in [-0.3, -0.25) is 4.79 Å². The van der Waals surface area contributed by atoms with E-state index in [4.69, 9.17) is 10.5 Å². The largest absolute Gasteiger partial charge is 0.495 e. The van der Waals surface area contributed by atoms with Crippen molar-refractivity contribution in [2.75, 3.05) is 24.3 Å². The summed E-state index contributed by atoms with van der Waals surface area (Å²) in [7, 11) is 1.57. The Morgan fingerprint density at radius 2 is 2.05 bits per heavy atom. The number of aryl methyl sites for hydroxylation is 2. The third-order valence-electron chi connectivity index (χ3n) is 4.08. The topological polar surface area (TPSA) is 55.6 Å². The van der Waals surface area contributed by atoms with Gasteiger partial charge in [-0.25, -0.2) is 0 Å². The van der Waals surface area contributed by atoms with Gasteiger partial charge in [0.15, 0.2) is 0 Å². The minimum absolute atomic E-state index is 0.0147. The van der Waals surface area contributed by atoms with Crippen molar-refractivity contribution in [3.8, 4) is 5.75 Å². The molecule has 0 saturated carbocycles. The van der Waals surface area contributed by atoms with Crippen LogP contribution in [-0.4, -0.2) is 19.6 Å². The van der Waals surface area contributed by atoms with Gasteiger partial charge >= 0.3 is 0 Å². The first-order valence-corrected chi connectivity index (χ1v) is 7.45. The Kier molecular flexibility index (Phi) is 3.75. The van der Waals surface area contributed by atoms with Crippen molar-refractivity contribution in [2.45, 2.75) is 19.8 Å². The van der Waals surface area contributed by atoms with E-state index < -0.39 is 0 Å². The molecular formula is C18H20N2O2. The molecule has 1 amide bonds. The van der Waals surface area contributed by atoms with Crippen molar-refractivity contribution in [1.82, 2.24) is 0 Å². The number of carbonyl (C=O) groups is 1. The summed E-state index contributed by atoms with van der Waals surface area (Å²) in [5, 5.41) is 0. The van der Waals surface area contributed by atoms with E-state index in [2.05, 4.69) is 13.0 Å². The van der Waals surface area contributed by atoms with Gasteiger partial charge in [-0.15, -0.1) is 0 Å². The van der Waals surface area contributed by atoms with Crippen LogP contribution in [-0.2, 0) is 6.42 Å². The molecule has 4 heteroatoms. The smallest absolute Gasteiger partial charge is 0.258 e. The molecule has 3 rings (SSSR count). The molecule has 4 nitrogen and oxygen atoms in total. The maximum atomic E-state index is 12.8. The lowest BCUT2D eigenvalue weighted by Crippen LogP contribution is -2.35. The Morgan fingerprint density at radius 1 is 1.23 bits per heavy atom. The molecule has 0 saturated heterocycles. The molecule has 0 aromatic heterocycles. The van der Waals surface area contributed by atoms with Crippen molar-refractivity contribution >= 4 is 17.3 Å². The van der Waals surface area contributed by atoms with Crippen LogP contribution >= 0.6 is 0 Å². The van der Waals surface area contributed by atoms with Crippen LogP contribution < -0.4 is 15.4 Å². The highest BCUT2D eigenvalue weighted by Crippen LogP contribution is 2.30. The summed E-state index contributed by atoms with van der Waals surface area (Å²) in [6.45, 7) is 2.81. The summed E-state index contributed by atoms with van der Waals surface area (Å²) in [6.07, 6.45) is 2.00. The molecule has 22 heavy (non-hydrogen) atoms. The van der Waals surface area contributed by atoms with E-state index in [0.717, 1.165) is 25.1 Å². The standard InChI is InChI=1S/C18H20N2O2/c1-12-5-7-16-13(10-12)4-3-9-20(16)18(21)14-6-8-17(22-2)15(19)11-14/h5-8,10-11H,3-4,9,19H2,1-2H3. The lowest BCUT2D eigenvalue weighted by molar-refractivity contribution is 0.0985. The zero-order chi connectivity index (χ0) is 15.7. The Bertz CT molecular complexity index is 725. The summed E-state index contributed by atoms with van der Waals surface area (Å²) >= 11 is 0. The summed E-state index contributed by atoms with van der Waals surface area (Å²) in [4.78, 5) is 14.7. The second-order valence-corrected chi connectivity index (χ2v) is 5.65. The average molecular weight is 296 g/mol. The predicted octanol–water partition coefficient (Wildman–Crippen LogP) is 3.18. The van der Waals surface area contributed by atoms with Crippen molar-refractivity contribution in [1.29, 1.82) is 0 Å². The predicted molar refractivity (Wildman–Crippen MR) is 88.6 cm³/mol. The van der Waals surface area contributed by atoms with Gasteiger partial charge in [0.05, 0.1) is 12.8 Å². The Morgan fingerprint density at radius 3 is 2.77 bits per heavy atom. The molecule has 0 bridgehead atoms. The number of benzene rings is 2. The fraction of sp³-hybridized carbons (Fsp3) is 0.278. The van der Waals surface area contributed by atoms with E-state index in [1.165, 1.54) is 11.1 Å². The van der Waals surface area contributed by atoms with E-state index in [9.17, 15) is 4.79 Å². The fourth-order valence-corrected chi connectivity index (χ4v) is 2.96. The monoisotopic (exact) mass is 296 g/mol. The van der Waals surface area contributed by atoms with Gasteiger partial charge in [-0.2, -0.15) is 0 Å². The van der Waals surface area contributed by atoms with Crippen LogP contribution in [0, 0.1) is 6.92 Å². The molecule has 0 unspecified atom stereocenters. The van der Waals surface area contributed by atoms with E-state index in [-0.39, 0.29) is 5.91 Å². The number of amides is 1. The highest BCUT2D eigenvalue weighted by molar-refractivity contribution is 6.07. The van der Waals surface area contributed by atoms with Gasteiger partial charge in [0.1, 0.15) is 5.75 Å². The molecule has 0 spiro atoms. The first-order chi connectivity index (χ1) is 10.6. The molecule has 0 aliphatic carbocycles. The normalized spacial score (nSPS) is 13.6. The van der Waals surface area contributed by atoms with E-state index >= 15 is 0 Å². The third-order valence-corrected chi connectivity index (χ3v) is 4.08. The molecule has 0 radical (unpaired) electrons.